The number of hydrogen-bond acceptors (Lipinski definition) is 2. The Labute approximate surface area is 117 Å². The van der Waals surface area contributed by atoms with Crippen molar-refractivity contribution in [3.8, 4) is 0 Å². The molecule has 2 atom stereocenters. The quantitative estimate of drug-likeness (QED) is 0.877. The molecule has 0 bridgehead atoms. The highest BCUT2D eigenvalue weighted by Crippen LogP contribution is 2.23. The van der Waals surface area contributed by atoms with E-state index in [2.05, 4.69) is 21.2 Å². The lowest BCUT2D eigenvalue weighted by atomic mass is 9.95. The topological polar surface area (TPSA) is 55.1 Å². The van der Waals surface area contributed by atoms with Crippen LogP contribution in [0.4, 0.5) is 0 Å². The average molecular weight is 313 g/mol. The summed E-state index contributed by atoms with van der Waals surface area (Å²) in [5.41, 5.74) is 6.26. The molecule has 18 heavy (non-hydrogen) atoms. The van der Waals surface area contributed by atoms with Crippen LogP contribution in [-0.4, -0.2) is 11.4 Å². The fourth-order valence-corrected chi connectivity index (χ4v) is 2.53. The first-order chi connectivity index (χ1) is 8.38. The van der Waals surface area contributed by atoms with Crippen LogP contribution in [0.3, 0.4) is 0 Å². The Morgan fingerprint density at radius 1 is 1.50 bits per heavy atom. The molecule has 1 aromatic rings. The van der Waals surface area contributed by atoms with Crippen LogP contribution in [0, 0.1) is 0 Å². The van der Waals surface area contributed by atoms with Crippen LogP contribution in [0.25, 0.3) is 0 Å². The van der Waals surface area contributed by atoms with Crippen LogP contribution >= 0.6 is 15.9 Å². The second-order valence-corrected chi connectivity index (χ2v) is 5.74. The summed E-state index contributed by atoms with van der Waals surface area (Å²) in [6, 6.07) is 7.80. The van der Waals surface area contributed by atoms with Gasteiger partial charge in [-0.1, -0.05) is 47.5 Å². The van der Waals surface area contributed by atoms with Crippen LogP contribution in [0.2, 0.25) is 0 Å². The van der Waals surface area contributed by atoms with Crippen molar-refractivity contribution in [3.63, 3.8) is 0 Å². The molecule has 0 saturated carbocycles. The number of rotatable bonds is 5. The maximum absolute atomic E-state index is 12.1. The Morgan fingerprint density at radius 2 is 2.11 bits per heavy atom. The van der Waals surface area contributed by atoms with Gasteiger partial charge in [-0.2, -0.15) is 0 Å². The number of amides is 1. The van der Waals surface area contributed by atoms with Crippen molar-refractivity contribution in [1.82, 2.24) is 5.32 Å². The Bertz CT molecular complexity index is 418. The summed E-state index contributed by atoms with van der Waals surface area (Å²) in [6.07, 6.45) is 1.57. The summed E-state index contributed by atoms with van der Waals surface area (Å²) in [5, 5.41) is 2.97. The summed E-state index contributed by atoms with van der Waals surface area (Å²) in [4.78, 5) is 12.1. The highest BCUT2D eigenvalue weighted by Gasteiger charge is 2.28. The fourth-order valence-electron chi connectivity index (χ4n) is 1.90. The molecule has 0 radical (unpaired) electrons. The predicted molar refractivity (Wildman–Crippen MR) is 78.2 cm³/mol. The lowest BCUT2D eigenvalue weighted by molar-refractivity contribution is -0.126. The van der Waals surface area contributed by atoms with E-state index in [0.717, 1.165) is 16.5 Å². The zero-order valence-corrected chi connectivity index (χ0v) is 12.8. The summed E-state index contributed by atoms with van der Waals surface area (Å²) < 4.78 is 0.993. The van der Waals surface area contributed by atoms with Gasteiger partial charge in [0.1, 0.15) is 0 Å². The Kier molecular flexibility index (Phi) is 5.35. The molecule has 0 aliphatic carbocycles. The van der Waals surface area contributed by atoms with Gasteiger partial charge in [0.15, 0.2) is 0 Å². The molecule has 1 unspecified atom stereocenters. The Hall–Kier alpha value is -0.870. The molecule has 1 amide bonds. The third-order valence-electron chi connectivity index (χ3n) is 3.01. The van der Waals surface area contributed by atoms with E-state index in [-0.39, 0.29) is 11.9 Å². The number of carbonyl (C=O) groups is 1. The monoisotopic (exact) mass is 312 g/mol. The molecule has 0 fully saturated rings. The van der Waals surface area contributed by atoms with Gasteiger partial charge in [-0.3, -0.25) is 4.79 Å². The molecule has 0 aliphatic rings. The van der Waals surface area contributed by atoms with Crippen LogP contribution in [0.15, 0.2) is 28.7 Å². The minimum Gasteiger partial charge on any atom is -0.348 e. The standard InChI is InChI=1S/C14H21BrN2O/c1-4-9-14(3,16)13(18)17-10(2)11-7-5-6-8-12(11)15/h5-8,10H,4,9,16H2,1-3H3,(H,17,18)/t10-,14?/m1/s1. The van der Waals surface area contributed by atoms with Gasteiger partial charge in [0.2, 0.25) is 5.91 Å². The van der Waals surface area contributed by atoms with Gasteiger partial charge >= 0.3 is 0 Å². The van der Waals surface area contributed by atoms with E-state index in [9.17, 15) is 4.79 Å². The number of hydrogen-bond donors (Lipinski definition) is 2. The van der Waals surface area contributed by atoms with Crippen molar-refractivity contribution in [2.75, 3.05) is 0 Å². The molecule has 0 heterocycles. The first kappa shape index (κ1) is 15.2. The van der Waals surface area contributed by atoms with Gasteiger partial charge in [-0.05, 0) is 31.9 Å². The van der Waals surface area contributed by atoms with Crippen LogP contribution in [0.1, 0.15) is 45.2 Å². The Balaban J connectivity index is 2.74. The predicted octanol–water partition coefficient (Wildman–Crippen LogP) is 3.14. The molecule has 0 aromatic heterocycles. The minimum absolute atomic E-state index is 0.0622. The van der Waals surface area contributed by atoms with Crippen LogP contribution in [0.5, 0.6) is 0 Å². The second kappa shape index (κ2) is 6.34. The number of nitrogens with one attached hydrogen (secondary N) is 1. The number of benzene rings is 1. The van der Waals surface area contributed by atoms with E-state index in [4.69, 9.17) is 5.73 Å². The molecule has 100 valence electrons. The molecule has 1 rings (SSSR count). The molecule has 0 saturated heterocycles. The van der Waals surface area contributed by atoms with Crippen LogP contribution < -0.4 is 11.1 Å². The summed E-state index contributed by atoms with van der Waals surface area (Å²) >= 11 is 3.49. The lowest BCUT2D eigenvalue weighted by Gasteiger charge is -2.26. The molecule has 4 heteroatoms. The minimum atomic E-state index is -0.801. The molecule has 0 spiro atoms. The molecule has 3 N–H and O–H groups in total. The van der Waals surface area contributed by atoms with Crippen molar-refractivity contribution < 1.29 is 4.79 Å². The Morgan fingerprint density at radius 3 is 2.67 bits per heavy atom. The number of nitrogens with two attached hydrogens (primary N) is 1. The van der Waals surface area contributed by atoms with E-state index >= 15 is 0 Å². The van der Waals surface area contributed by atoms with Gasteiger partial charge in [0.05, 0.1) is 11.6 Å². The van der Waals surface area contributed by atoms with E-state index < -0.39 is 5.54 Å². The summed E-state index contributed by atoms with van der Waals surface area (Å²) in [7, 11) is 0. The second-order valence-electron chi connectivity index (χ2n) is 4.88. The molecule has 0 aliphatic heterocycles. The SMILES string of the molecule is CCCC(C)(N)C(=O)N[C@H](C)c1ccccc1Br. The van der Waals surface area contributed by atoms with E-state index in [1.165, 1.54) is 0 Å². The molecule has 3 nitrogen and oxygen atoms in total. The smallest absolute Gasteiger partial charge is 0.240 e. The van der Waals surface area contributed by atoms with E-state index in [1.54, 1.807) is 6.92 Å². The van der Waals surface area contributed by atoms with Gasteiger partial charge in [0.25, 0.3) is 0 Å². The zero-order valence-electron chi connectivity index (χ0n) is 11.2. The van der Waals surface area contributed by atoms with Gasteiger partial charge in [-0.25, -0.2) is 0 Å². The molecular weight excluding hydrogens is 292 g/mol. The highest BCUT2D eigenvalue weighted by atomic mass is 79.9. The van der Waals surface area contributed by atoms with E-state index in [1.807, 2.05) is 38.1 Å². The molecular formula is C14H21BrN2O. The van der Waals surface area contributed by atoms with Crippen LogP contribution in [-0.2, 0) is 4.79 Å². The third kappa shape index (κ3) is 3.82. The maximum Gasteiger partial charge on any atom is 0.240 e. The molecule has 1 aromatic carbocycles. The maximum atomic E-state index is 12.1. The number of carbonyl (C=O) groups excluding carboxylic acids is 1. The normalized spacial score (nSPS) is 15.8. The largest absolute Gasteiger partial charge is 0.348 e. The first-order valence-electron chi connectivity index (χ1n) is 6.22. The van der Waals surface area contributed by atoms with Crippen molar-refractivity contribution in [2.45, 2.75) is 45.2 Å². The van der Waals surface area contributed by atoms with Gasteiger partial charge in [-0.15, -0.1) is 0 Å². The summed E-state index contributed by atoms with van der Waals surface area (Å²) in [5.74, 6) is -0.104. The van der Waals surface area contributed by atoms with E-state index in [0.29, 0.717) is 6.42 Å². The highest BCUT2D eigenvalue weighted by molar-refractivity contribution is 9.10. The van der Waals surface area contributed by atoms with Crippen molar-refractivity contribution in [3.05, 3.63) is 34.3 Å². The number of halogens is 1. The van der Waals surface area contributed by atoms with Gasteiger partial charge < -0.3 is 11.1 Å². The van der Waals surface area contributed by atoms with Crippen molar-refractivity contribution in [2.24, 2.45) is 5.73 Å². The average Bonchev–Trinajstić information content (AvgIpc) is 2.29. The fraction of sp³-hybridized carbons (Fsp3) is 0.500. The zero-order chi connectivity index (χ0) is 13.8. The lowest BCUT2D eigenvalue weighted by Crippen LogP contribution is -2.52. The van der Waals surface area contributed by atoms with Gasteiger partial charge in [0, 0.05) is 4.47 Å². The van der Waals surface area contributed by atoms with Crippen molar-refractivity contribution in [1.29, 1.82) is 0 Å². The van der Waals surface area contributed by atoms with Crippen molar-refractivity contribution >= 4 is 21.8 Å². The third-order valence-corrected chi connectivity index (χ3v) is 3.73. The first-order valence-corrected chi connectivity index (χ1v) is 7.02. The summed E-state index contributed by atoms with van der Waals surface area (Å²) in [6.45, 7) is 5.76.